The Balaban J connectivity index is 2.45. The number of nitrogen functional groups attached to an aromatic ring is 1. The van der Waals surface area contributed by atoms with Gasteiger partial charge in [0.15, 0.2) is 0 Å². The number of carbonyl (C=O) groups is 1. The molecular weight excluding hydrogens is 224 g/mol. The van der Waals surface area contributed by atoms with Crippen molar-refractivity contribution in [3.63, 3.8) is 0 Å². The lowest BCUT2D eigenvalue weighted by atomic mass is 9.85. The Bertz CT molecular complexity index is 436. The van der Waals surface area contributed by atoms with Gasteiger partial charge in [-0.1, -0.05) is 6.92 Å². The molecule has 0 aromatic heterocycles. The fourth-order valence-electron chi connectivity index (χ4n) is 2.00. The number of benzene rings is 1. The number of anilines is 1. The van der Waals surface area contributed by atoms with Gasteiger partial charge in [-0.25, -0.2) is 4.72 Å². The van der Waals surface area contributed by atoms with E-state index in [2.05, 4.69) is 4.72 Å². The summed E-state index contributed by atoms with van der Waals surface area (Å²) in [6.07, 6.45) is 0.801. The van der Waals surface area contributed by atoms with Crippen molar-refractivity contribution in [2.24, 2.45) is 0 Å². The van der Waals surface area contributed by atoms with Gasteiger partial charge in [-0.05, 0) is 42.1 Å². The van der Waals surface area contributed by atoms with E-state index in [1.54, 1.807) is 0 Å². The summed E-state index contributed by atoms with van der Waals surface area (Å²) in [5.41, 5.74) is 6.94. The van der Waals surface area contributed by atoms with E-state index in [0.717, 1.165) is 16.9 Å². The highest BCUT2D eigenvalue weighted by molar-refractivity contribution is 7.97. The molecule has 16 heavy (non-hydrogen) atoms. The van der Waals surface area contributed by atoms with Crippen molar-refractivity contribution in [3.05, 3.63) is 23.8 Å². The molecule has 1 aromatic rings. The normalized spacial score (nSPS) is 23.1. The van der Waals surface area contributed by atoms with E-state index in [1.165, 1.54) is 11.9 Å². The van der Waals surface area contributed by atoms with Gasteiger partial charge in [-0.15, -0.1) is 0 Å². The van der Waals surface area contributed by atoms with Crippen LogP contribution in [0, 0.1) is 0 Å². The molecular formula is C11H14N2O2S. The molecule has 5 heteroatoms. The van der Waals surface area contributed by atoms with Gasteiger partial charge >= 0.3 is 5.97 Å². The first-order chi connectivity index (χ1) is 7.57. The Kier molecular flexibility index (Phi) is 2.82. The van der Waals surface area contributed by atoms with Gasteiger partial charge in [-0.2, -0.15) is 0 Å². The second kappa shape index (κ2) is 3.99. The lowest BCUT2D eigenvalue weighted by molar-refractivity contribution is -0.138. The van der Waals surface area contributed by atoms with Gasteiger partial charge in [-0.3, -0.25) is 4.79 Å². The quantitative estimate of drug-likeness (QED) is 0.554. The van der Waals surface area contributed by atoms with E-state index in [1.807, 2.05) is 25.1 Å². The summed E-state index contributed by atoms with van der Waals surface area (Å²) in [6, 6.07) is 5.64. The zero-order valence-corrected chi connectivity index (χ0v) is 9.80. The smallest absolute Gasteiger partial charge is 0.305 e. The second-order valence-corrected chi connectivity index (χ2v) is 4.81. The van der Waals surface area contributed by atoms with Crippen molar-refractivity contribution in [1.82, 2.24) is 4.72 Å². The van der Waals surface area contributed by atoms with Crippen LogP contribution in [-0.2, 0) is 10.3 Å². The third-order valence-corrected chi connectivity index (χ3v) is 4.00. The first-order valence-electron chi connectivity index (χ1n) is 5.13. The molecule has 0 radical (unpaired) electrons. The minimum Gasteiger partial charge on any atom is -0.481 e. The summed E-state index contributed by atoms with van der Waals surface area (Å²) in [6.45, 7) is 1.98. The minimum atomic E-state index is -0.801. The summed E-state index contributed by atoms with van der Waals surface area (Å²) in [5, 5.41) is 8.98. The Morgan fingerprint density at radius 3 is 3.00 bits per heavy atom. The summed E-state index contributed by atoms with van der Waals surface area (Å²) < 4.78 is 3.22. The van der Waals surface area contributed by atoms with Crippen LogP contribution in [0.3, 0.4) is 0 Å². The number of carboxylic acid groups (broad SMARTS) is 1. The molecule has 1 heterocycles. The van der Waals surface area contributed by atoms with Crippen LogP contribution in [0.15, 0.2) is 23.1 Å². The monoisotopic (exact) mass is 238 g/mol. The third-order valence-electron chi connectivity index (χ3n) is 2.93. The molecule has 1 atom stereocenters. The maximum atomic E-state index is 10.9. The lowest BCUT2D eigenvalue weighted by Crippen LogP contribution is -2.36. The number of nitrogens with two attached hydrogens (primary N) is 1. The summed E-state index contributed by atoms with van der Waals surface area (Å²) in [4.78, 5) is 12.0. The SMILES string of the molecule is CCC1(CC(=O)O)NSc2ccc(N)cc21. The molecule has 4 nitrogen and oxygen atoms in total. The number of hydrogen-bond acceptors (Lipinski definition) is 4. The molecule has 0 saturated heterocycles. The Labute approximate surface area is 98.4 Å². The molecule has 0 spiro atoms. The van der Waals surface area contributed by atoms with E-state index >= 15 is 0 Å². The zero-order chi connectivity index (χ0) is 11.8. The second-order valence-electron chi connectivity index (χ2n) is 3.97. The molecule has 1 aliphatic rings. The largest absolute Gasteiger partial charge is 0.481 e. The first-order valence-corrected chi connectivity index (χ1v) is 5.95. The topological polar surface area (TPSA) is 75.3 Å². The van der Waals surface area contributed by atoms with Crippen molar-refractivity contribution in [1.29, 1.82) is 0 Å². The summed E-state index contributed by atoms with van der Waals surface area (Å²) in [5.74, 6) is -0.801. The van der Waals surface area contributed by atoms with Gasteiger partial charge < -0.3 is 10.8 Å². The van der Waals surface area contributed by atoms with E-state index in [4.69, 9.17) is 10.8 Å². The van der Waals surface area contributed by atoms with Crippen molar-refractivity contribution >= 4 is 23.6 Å². The number of carboxylic acids is 1. The number of aliphatic carboxylic acids is 1. The van der Waals surface area contributed by atoms with Gasteiger partial charge in [0.2, 0.25) is 0 Å². The molecule has 1 aliphatic heterocycles. The molecule has 4 N–H and O–H groups in total. The fraction of sp³-hybridized carbons (Fsp3) is 0.364. The minimum absolute atomic E-state index is 0.0763. The Morgan fingerprint density at radius 2 is 2.38 bits per heavy atom. The van der Waals surface area contributed by atoms with Crippen LogP contribution < -0.4 is 10.5 Å². The molecule has 1 unspecified atom stereocenters. The fourth-order valence-corrected chi connectivity index (χ4v) is 3.13. The third kappa shape index (κ3) is 1.76. The molecule has 0 aliphatic carbocycles. The van der Waals surface area contributed by atoms with Gasteiger partial charge in [0.1, 0.15) is 0 Å². The van der Waals surface area contributed by atoms with Crippen LogP contribution in [0.1, 0.15) is 25.3 Å². The predicted octanol–water partition coefficient (Wildman–Crippen LogP) is 1.96. The Morgan fingerprint density at radius 1 is 1.62 bits per heavy atom. The highest BCUT2D eigenvalue weighted by atomic mass is 32.2. The molecule has 1 aromatic carbocycles. The van der Waals surface area contributed by atoms with Crippen molar-refractivity contribution in [2.45, 2.75) is 30.2 Å². The van der Waals surface area contributed by atoms with Crippen molar-refractivity contribution < 1.29 is 9.90 Å². The highest BCUT2D eigenvalue weighted by Gasteiger charge is 2.39. The average molecular weight is 238 g/mol. The molecule has 0 bridgehead atoms. The Hall–Kier alpha value is -1.20. The number of nitrogens with one attached hydrogen (secondary N) is 1. The molecule has 0 saturated carbocycles. The highest BCUT2D eigenvalue weighted by Crippen LogP contribution is 2.44. The lowest BCUT2D eigenvalue weighted by Gasteiger charge is -2.26. The average Bonchev–Trinajstić information content (AvgIpc) is 2.57. The van der Waals surface area contributed by atoms with Crippen LogP contribution in [0.25, 0.3) is 0 Å². The maximum Gasteiger partial charge on any atom is 0.305 e. The van der Waals surface area contributed by atoms with Crippen LogP contribution in [0.2, 0.25) is 0 Å². The van der Waals surface area contributed by atoms with E-state index < -0.39 is 11.5 Å². The summed E-state index contributed by atoms with van der Waals surface area (Å²) in [7, 11) is 0. The first kappa shape index (κ1) is 11.3. The van der Waals surface area contributed by atoms with Gasteiger partial charge in [0, 0.05) is 10.6 Å². The van der Waals surface area contributed by atoms with E-state index in [-0.39, 0.29) is 6.42 Å². The van der Waals surface area contributed by atoms with Crippen LogP contribution in [0.4, 0.5) is 5.69 Å². The molecule has 0 amide bonds. The van der Waals surface area contributed by atoms with Crippen LogP contribution in [-0.4, -0.2) is 11.1 Å². The van der Waals surface area contributed by atoms with Crippen LogP contribution in [0.5, 0.6) is 0 Å². The van der Waals surface area contributed by atoms with Crippen molar-refractivity contribution in [3.8, 4) is 0 Å². The standard InChI is InChI=1S/C11H14N2O2S/c1-2-11(6-10(14)15)8-5-7(12)3-4-9(8)16-13-11/h3-5,13H,2,6,12H2,1H3,(H,14,15). The van der Waals surface area contributed by atoms with E-state index in [9.17, 15) is 4.79 Å². The van der Waals surface area contributed by atoms with E-state index in [0.29, 0.717) is 5.69 Å². The molecule has 86 valence electrons. The number of hydrogen-bond donors (Lipinski definition) is 3. The van der Waals surface area contributed by atoms with Crippen molar-refractivity contribution in [2.75, 3.05) is 5.73 Å². The van der Waals surface area contributed by atoms with Gasteiger partial charge in [0.05, 0.1) is 12.0 Å². The molecule has 2 rings (SSSR count). The maximum absolute atomic E-state index is 10.9. The number of rotatable bonds is 3. The number of fused-ring (bicyclic) bond motifs is 1. The zero-order valence-electron chi connectivity index (χ0n) is 8.99. The molecule has 0 fully saturated rings. The van der Waals surface area contributed by atoms with Gasteiger partial charge in [0.25, 0.3) is 0 Å². The predicted molar refractivity (Wildman–Crippen MR) is 64.1 cm³/mol. The summed E-state index contributed by atoms with van der Waals surface area (Å²) >= 11 is 1.48. The van der Waals surface area contributed by atoms with Crippen LogP contribution >= 0.6 is 11.9 Å².